The molecular weight excluding hydrogens is 372 g/mol. The van der Waals surface area contributed by atoms with Gasteiger partial charge in [0.05, 0.1) is 10.6 Å². The van der Waals surface area contributed by atoms with Gasteiger partial charge in [0.25, 0.3) is 10.0 Å². The van der Waals surface area contributed by atoms with Crippen molar-refractivity contribution < 1.29 is 13.2 Å². The van der Waals surface area contributed by atoms with E-state index in [-0.39, 0.29) is 16.7 Å². The first-order chi connectivity index (χ1) is 13.2. The van der Waals surface area contributed by atoms with Crippen molar-refractivity contribution in [2.75, 3.05) is 10.0 Å². The summed E-state index contributed by atoms with van der Waals surface area (Å²) in [5, 5.41) is 2.83. The molecule has 0 aliphatic heterocycles. The van der Waals surface area contributed by atoms with E-state index < -0.39 is 10.0 Å². The monoisotopic (exact) mass is 398 g/mol. The summed E-state index contributed by atoms with van der Waals surface area (Å²) in [6.07, 6.45) is 6.56. The van der Waals surface area contributed by atoms with Gasteiger partial charge in [-0.25, -0.2) is 8.42 Å². The molecule has 148 valence electrons. The van der Waals surface area contributed by atoms with E-state index in [2.05, 4.69) is 22.2 Å². The van der Waals surface area contributed by atoms with Crippen LogP contribution in [0.5, 0.6) is 0 Å². The number of hydrogen-bond acceptors (Lipinski definition) is 3. The lowest BCUT2D eigenvalue weighted by atomic mass is 10.1. The Morgan fingerprint density at radius 3 is 2.54 bits per heavy atom. The van der Waals surface area contributed by atoms with Crippen LogP contribution in [0.2, 0.25) is 0 Å². The maximum atomic E-state index is 12.9. The van der Waals surface area contributed by atoms with Gasteiger partial charge < -0.3 is 5.32 Å². The average Bonchev–Trinajstić information content (AvgIpc) is 3.12. The van der Waals surface area contributed by atoms with Gasteiger partial charge in [0.1, 0.15) is 0 Å². The molecule has 1 amide bonds. The largest absolute Gasteiger partial charge is 0.326 e. The first kappa shape index (κ1) is 20.1. The second-order valence-electron chi connectivity index (χ2n) is 7.42. The average molecular weight is 399 g/mol. The molecule has 0 unspecified atom stereocenters. The second kappa shape index (κ2) is 8.19. The van der Waals surface area contributed by atoms with Gasteiger partial charge >= 0.3 is 0 Å². The van der Waals surface area contributed by atoms with E-state index >= 15 is 0 Å². The van der Waals surface area contributed by atoms with E-state index in [0.717, 1.165) is 24.0 Å². The highest BCUT2D eigenvalue weighted by Crippen LogP contribution is 2.26. The molecule has 0 heterocycles. The Kier molecular flexibility index (Phi) is 5.89. The lowest BCUT2D eigenvalue weighted by molar-refractivity contribution is -0.116. The number of anilines is 2. The molecule has 3 rings (SSSR count). The Balaban J connectivity index is 1.79. The van der Waals surface area contributed by atoms with Crippen molar-refractivity contribution >= 4 is 27.3 Å². The van der Waals surface area contributed by atoms with Crippen LogP contribution in [0.15, 0.2) is 53.4 Å². The molecular formula is C22H26N2O3S. The van der Waals surface area contributed by atoms with Crippen molar-refractivity contribution in [3.63, 3.8) is 0 Å². The SMILES string of the molecule is Cc1ccc(NS(=O)(=O)c2cc(NC(=O)C[C@@H]3C=CCC3)ccc2C)c(C)c1. The first-order valence-corrected chi connectivity index (χ1v) is 10.9. The summed E-state index contributed by atoms with van der Waals surface area (Å²) >= 11 is 0. The zero-order valence-electron chi connectivity index (χ0n) is 16.5. The zero-order valence-corrected chi connectivity index (χ0v) is 17.3. The van der Waals surface area contributed by atoms with Gasteiger partial charge in [-0.1, -0.05) is 35.9 Å². The molecule has 2 aromatic rings. The molecule has 5 nitrogen and oxygen atoms in total. The fraction of sp³-hybridized carbons (Fsp3) is 0.318. The quantitative estimate of drug-likeness (QED) is 0.692. The van der Waals surface area contributed by atoms with E-state index in [0.29, 0.717) is 23.4 Å². The number of amides is 1. The van der Waals surface area contributed by atoms with E-state index in [4.69, 9.17) is 0 Å². The highest BCUT2D eigenvalue weighted by atomic mass is 32.2. The molecule has 1 atom stereocenters. The zero-order chi connectivity index (χ0) is 20.3. The van der Waals surface area contributed by atoms with Crippen molar-refractivity contribution in [1.29, 1.82) is 0 Å². The van der Waals surface area contributed by atoms with Crippen LogP contribution in [0.3, 0.4) is 0 Å². The molecule has 1 aliphatic rings. The van der Waals surface area contributed by atoms with Gasteiger partial charge in [-0.15, -0.1) is 0 Å². The van der Waals surface area contributed by atoms with Crippen molar-refractivity contribution in [3.05, 3.63) is 65.2 Å². The molecule has 0 bridgehead atoms. The van der Waals surface area contributed by atoms with Crippen LogP contribution in [-0.2, 0) is 14.8 Å². The maximum Gasteiger partial charge on any atom is 0.262 e. The molecule has 2 N–H and O–H groups in total. The van der Waals surface area contributed by atoms with Gasteiger partial charge in [-0.05, 0) is 68.9 Å². The Morgan fingerprint density at radius 2 is 1.86 bits per heavy atom. The van der Waals surface area contributed by atoms with E-state index in [9.17, 15) is 13.2 Å². The van der Waals surface area contributed by atoms with Crippen LogP contribution in [0.1, 0.15) is 36.0 Å². The topological polar surface area (TPSA) is 75.3 Å². The Labute approximate surface area is 166 Å². The van der Waals surface area contributed by atoms with Crippen LogP contribution in [0.4, 0.5) is 11.4 Å². The van der Waals surface area contributed by atoms with Crippen LogP contribution >= 0.6 is 0 Å². The van der Waals surface area contributed by atoms with Gasteiger partial charge in [-0.3, -0.25) is 9.52 Å². The lowest BCUT2D eigenvalue weighted by Gasteiger charge is -2.15. The minimum atomic E-state index is -3.77. The summed E-state index contributed by atoms with van der Waals surface area (Å²) in [4.78, 5) is 12.4. The highest BCUT2D eigenvalue weighted by molar-refractivity contribution is 7.92. The Morgan fingerprint density at radius 1 is 1.07 bits per heavy atom. The van der Waals surface area contributed by atoms with Crippen molar-refractivity contribution in [3.8, 4) is 0 Å². The summed E-state index contributed by atoms with van der Waals surface area (Å²) in [5.74, 6) is 0.158. The summed E-state index contributed by atoms with van der Waals surface area (Å²) in [5.41, 5.74) is 3.58. The van der Waals surface area contributed by atoms with Gasteiger partial charge in [0.2, 0.25) is 5.91 Å². The first-order valence-electron chi connectivity index (χ1n) is 9.42. The number of hydrogen-bond donors (Lipinski definition) is 2. The summed E-state index contributed by atoms with van der Waals surface area (Å²) in [6.45, 7) is 5.57. The Bertz CT molecular complexity index is 1030. The number of rotatable bonds is 6. The van der Waals surface area contributed by atoms with Crippen LogP contribution in [0.25, 0.3) is 0 Å². The molecule has 0 saturated carbocycles. The third-order valence-corrected chi connectivity index (χ3v) is 6.46. The molecule has 0 aromatic heterocycles. The minimum Gasteiger partial charge on any atom is -0.326 e. The predicted octanol–water partition coefficient (Wildman–Crippen LogP) is 4.71. The third kappa shape index (κ3) is 4.81. The van der Waals surface area contributed by atoms with Crippen LogP contribution < -0.4 is 10.0 Å². The number of carbonyl (C=O) groups is 1. The number of aryl methyl sites for hydroxylation is 3. The van der Waals surface area contributed by atoms with Crippen molar-refractivity contribution in [2.24, 2.45) is 5.92 Å². The molecule has 28 heavy (non-hydrogen) atoms. The number of allylic oxidation sites excluding steroid dienone is 2. The van der Waals surface area contributed by atoms with Gasteiger partial charge in [0, 0.05) is 12.1 Å². The molecule has 0 radical (unpaired) electrons. The summed E-state index contributed by atoms with van der Waals surface area (Å²) in [6, 6.07) is 10.5. The fourth-order valence-electron chi connectivity index (χ4n) is 3.41. The van der Waals surface area contributed by atoms with Gasteiger partial charge in [-0.2, -0.15) is 0 Å². The van der Waals surface area contributed by atoms with E-state index in [1.54, 1.807) is 25.1 Å². The number of sulfonamides is 1. The number of nitrogens with one attached hydrogen (secondary N) is 2. The van der Waals surface area contributed by atoms with Gasteiger partial charge in [0.15, 0.2) is 0 Å². The lowest BCUT2D eigenvalue weighted by Crippen LogP contribution is -2.17. The second-order valence-corrected chi connectivity index (χ2v) is 9.07. The van der Waals surface area contributed by atoms with Crippen LogP contribution in [-0.4, -0.2) is 14.3 Å². The Hall–Kier alpha value is -2.60. The standard InChI is InChI=1S/C22H26N2O3S/c1-15-8-11-20(17(3)12-15)24-28(26,27)21-14-19(10-9-16(21)2)23-22(25)13-18-6-4-5-7-18/h4,6,8-12,14,18,24H,5,7,13H2,1-3H3,(H,23,25)/t18-/m1/s1. The number of carbonyl (C=O) groups excluding carboxylic acids is 1. The van der Waals surface area contributed by atoms with Crippen molar-refractivity contribution in [2.45, 2.75) is 44.9 Å². The summed E-state index contributed by atoms with van der Waals surface area (Å²) < 4.78 is 28.5. The van der Waals surface area contributed by atoms with Crippen LogP contribution in [0, 0.1) is 26.7 Å². The predicted molar refractivity (Wildman–Crippen MR) is 113 cm³/mol. The molecule has 1 aliphatic carbocycles. The van der Waals surface area contributed by atoms with E-state index in [1.165, 1.54) is 6.07 Å². The summed E-state index contributed by atoms with van der Waals surface area (Å²) in [7, 11) is -3.77. The molecule has 0 fully saturated rings. The molecule has 2 aromatic carbocycles. The maximum absolute atomic E-state index is 12.9. The molecule has 0 saturated heterocycles. The van der Waals surface area contributed by atoms with E-state index in [1.807, 2.05) is 26.0 Å². The normalized spacial score (nSPS) is 16.2. The third-order valence-electron chi connectivity index (χ3n) is 4.95. The minimum absolute atomic E-state index is 0.105. The van der Waals surface area contributed by atoms with Crippen molar-refractivity contribution in [1.82, 2.24) is 0 Å². The fourth-order valence-corrected chi connectivity index (χ4v) is 4.81. The number of benzene rings is 2. The smallest absolute Gasteiger partial charge is 0.262 e. The molecule has 6 heteroatoms. The molecule has 0 spiro atoms. The highest BCUT2D eigenvalue weighted by Gasteiger charge is 2.20.